The smallest absolute Gasteiger partial charge is 0.316 e. The van der Waals surface area contributed by atoms with Crippen LogP contribution in [0.4, 0.5) is 0 Å². The van der Waals surface area contributed by atoms with Gasteiger partial charge in [0.25, 0.3) is 10.0 Å². The van der Waals surface area contributed by atoms with Crippen LogP contribution in [0.25, 0.3) is 0 Å². The second-order valence-corrected chi connectivity index (χ2v) is 7.73. The molecule has 2 rings (SSSR count). The molecule has 0 amide bonds. The zero-order valence-electron chi connectivity index (χ0n) is 12.9. The molecule has 0 spiro atoms. The van der Waals surface area contributed by atoms with Gasteiger partial charge in [0.2, 0.25) is 0 Å². The summed E-state index contributed by atoms with van der Waals surface area (Å²) >= 11 is 1.13. The fourth-order valence-corrected chi connectivity index (χ4v) is 4.29. The first-order valence-electron chi connectivity index (χ1n) is 6.89. The predicted octanol–water partition coefficient (Wildman–Crippen LogP) is 1.50. The van der Waals surface area contributed by atoms with E-state index in [1.807, 2.05) is 13.8 Å². The van der Waals surface area contributed by atoms with Crippen molar-refractivity contribution in [3.8, 4) is 6.01 Å². The van der Waals surface area contributed by atoms with Crippen LogP contribution < -0.4 is 9.46 Å². The van der Waals surface area contributed by atoms with Gasteiger partial charge >= 0.3 is 6.01 Å². The maximum absolute atomic E-state index is 12.3. The van der Waals surface area contributed by atoms with Gasteiger partial charge in [-0.2, -0.15) is 4.72 Å². The SMILES string of the molecule is CCOc1nnc([C@@H](C)NS(=O)(=O)c2cnc(C)s2)n1CC. The van der Waals surface area contributed by atoms with Gasteiger partial charge in [-0.05, 0) is 27.7 Å². The molecule has 0 fully saturated rings. The van der Waals surface area contributed by atoms with E-state index in [1.165, 1.54) is 6.20 Å². The number of thiazole rings is 1. The fraction of sp³-hybridized carbons (Fsp3) is 0.583. The van der Waals surface area contributed by atoms with Gasteiger partial charge in [0.1, 0.15) is 0 Å². The quantitative estimate of drug-likeness (QED) is 0.816. The summed E-state index contributed by atoms with van der Waals surface area (Å²) in [4.78, 5) is 3.97. The Kier molecular flexibility index (Phi) is 5.14. The van der Waals surface area contributed by atoms with Gasteiger partial charge in [0.15, 0.2) is 10.0 Å². The Morgan fingerprint density at radius 3 is 2.68 bits per heavy atom. The number of ether oxygens (including phenoxy) is 1. The Bertz CT molecular complexity index is 738. The summed E-state index contributed by atoms with van der Waals surface area (Å²) in [6.45, 7) is 8.31. The third-order valence-corrected chi connectivity index (χ3v) is 5.83. The third-order valence-electron chi connectivity index (χ3n) is 2.92. The van der Waals surface area contributed by atoms with Crippen molar-refractivity contribution in [2.45, 2.75) is 44.5 Å². The first kappa shape index (κ1) is 16.8. The first-order chi connectivity index (χ1) is 10.4. The average molecular weight is 345 g/mol. The monoisotopic (exact) mass is 345 g/mol. The highest BCUT2D eigenvalue weighted by Crippen LogP contribution is 2.22. The highest BCUT2D eigenvalue weighted by atomic mass is 32.2. The molecule has 0 bridgehead atoms. The Labute approximate surface area is 133 Å². The third kappa shape index (κ3) is 3.45. The molecule has 122 valence electrons. The topological polar surface area (TPSA) is 99.0 Å². The van der Waals surface area contributed by atoms with Crippen molar-refractivity contribution in [2.75, 3.05) is 6.61 Å². The number of nitrogens with one attached hydrogen (secondary N) is 1. The van der Waals surface area contributed by atoms with Crippen LogP contribution in [0.3, 0.4) is 0 Å². The second kappa shape index (κ2) is 6.71. The van der Waals surface area contributed by atoms with Gasteiger partial charge in [-0.1, -0.05) is 5.10 Å². The van der Waals surface area contributed by atoms with E-state index in [0.29, 0.717) is 30.0 Å². The van der Waals surface area contributed by atoms with Crippen LogP contribution in [-0.2, 0) is 16.6 Å². The van der Waals surface area contributed by atoms with E-state index < -0.39 is 16.1 Å². The lowest BCUT2D eigenvalue weighted by Crippen LogP contribution is -2.28. The Morgan fingerprint density at radius 1 is 1.41 bits per heavy atom. The summed E-state index contributed by atoms with van der Waals surface area (Å²) in [7, 11) is -3.63. The lowest BCUT2D eigenvalue weighted by molar-refractivity contribution is 0.294. The molecule has 0 aliphatic rings. The maximum atomic E-state index is 12.3. The van der Waals surface area contributed by atoms with Crippen molar-refractivity contribution in [3.05, 3.63) is 17.0 Å². The molecule has 1 atom stereocenters. The first-order valence-corrected chi connectivity index (χ1v) is 9.19. The van der Waals surface area contributed by atoms with Crippen molar-refractivity contribution in [1.82, 2.24) is 24.5 Å². The molecule has 22 heavy (non-hydrogen) atoms. The zero-order valence-corrected chi connectivity index (χ0v) is 14.5. The highest BCUT2D eigenvalue weighted by Gasteiger charge is 2.25. The Balaban J connectivity index is 2.24. The van der Waals surface area contributed by atoms with E-state index in [1.54, 1.807) is 18.4 Å². The van der Waals surface area contributed by atoms with Crippen molar-refractivity contribution < 1.29 is 13.2 Å². The molecule has 0 saturated heterocycles. The summed E-state index contributed by atoms with van der Waals surface area (Å²) in [5.74, 6) is 0.510. The highest BCUT2D eigenvalue weighted by molar-refractivity contribution is 7.91. The molecule has 0 radical (unpaired) electrons. The van der Waals surface area contributed by atoms with E-state index in [9.17, 15) is 8.42 Å². The van der Waals surface area contributed by atoms with Crippen LogP contribution in [-0.4, -0.2) is 34.8 Å². The Hall–Kier alpha value is -1.52. The molecular weight excluding hydrogens is 326 g/mol. The summed E-state index contributed by atoms with van der Waals surface area (Å²) in [6.07, 6.45) is 1.35. The van der Waals surface area contributed by atoms with Crippen LogP contribution >= 0.6 is 11.3 Å². The maximum Gasteiger partial charge on any atom is 0.316 e. The number of rotatable bonds is 7. The van der Waals surface area contributed by atoms with Gasteiger partial charge in [0.05, 0.1) is 23.9 Å². The van der Waals surface area contributed by atoms with Crippen molar-refractivity contribution in [1.29, 1.82) is 0 Å². The fourth-order valence-electron chi connectivity index (χ4n) is 1.96. The molecule has 0 aromatic carbocycles. The van der Waals surface area contributed by atoms with Gasteiger partial charge in [0, 0.05) is 6.54 Å². The van der Waals surface area contributed by atoms with Gasteiger partial charge in [-0.25, -0.2) is 13.4 Å². The molecule has 10 heteroatoms. The van der Waals surface area contributed by atoms with Crippen LogP contribution in [0.5, 0.6) is 6.01 Å². The molecule has 8 nitrogen and oxygen atoms in total. The van der Waals surface area contributed by atoms with E-state index in [4.69, 9.17) is 4.74 Å². The minimum absolute atomic E-state index is 0.185. The van der Waals surface area contributed by atoms with Gasteiger partial charge in [-0.15, -0.1) is 16.4 Å². The molecule has 2 aromatic rings. The Morgan fingerprint density at radius 2 is 2.14 bits per heavy atom. The average Bonchev–Trinajstić information content (AvgIpc) is 3.05. The van der Waals surface area contributed by atoms with Crippen molar-refractivity contribution in [3.63, 3.8) is 0 Å². The summed E-state index contributed by atoms with van der Waals surface area (Å²) < 4.78 is 34.6. The van der Waals surface area contributed by atoms with Crippen molar-refractivity contribution >= 4 is 21.4 Å². The van der Waals surface area contributed by atoms with E-state index in [2.05, 4.69) is 19.9 Å². The summed E-state index contributed by atoms with van der Waals surface area (Å²) in [5, 5.41) is 8.69. The molecule has 0 aliphatic heterocycles. The number of nitrogens with zero attached hydrogens (tertiary/aromatic N) is 4. The van der Waals surface area contributed by atoms with Crippen molar-refractivity contribution in [2.24, 2.45) is 0 Å². The van der Waals surface area contributed by atoms with E-state index in [-0.39, 0.29) is 4.21 Å². The zero-order chi connectivity index (χ0) is 16.3. The summed E-state index contributed by atoms with van der Waals surface area (Å²) in [5.41, 5.74) is 0. The molecule has 1 N–H and O–H groups in total. The van der Waals surface area contributed by atoms with E-state index >= 15 is 0 Å². The number of hydrogen-bond donors (Lipinski definition) is 1. The molecule has 2 aromatic heterocycles. The number of aryl methyl sites for hydroxylation is 1. The van der Waals surface area contributed by atoms with E-state index in [0.717, 1.165) is 11.3 Å². The largest absolute Gasteiger partial charge is 0.464 e. The van der Waals surface area contributed by atoms with Gasteiger partial charge in [-0.3, -0.25) is 4.57 Å². The van der Waals surface area contributed by atoms with Crippen LogP contribution in [0.2, 0.25) is 0 Å². The normalized spacial score (nSPS) is 13.3. The minimum Gasteiger partial charge on any atom is -0.464 e. The molecular formula is C12H19N5O3S2. The number of hydrogen-bond acceptors (Lipinski definition) is 7. The lowest BCUT2D eigenvalue weighted by Gasteiger charge is -2.14. The number of sulfonamides is 1. The molecule has 0 saturated carbocycles. The predicted molar refractivity (Wildman–Crippen MR) is 82.5 cm³/mol. The second-order valence-electron chi connectivity index (χ2n) is 4.56. The molecule has 0 unspecified atom stereocenters. The molecule has 0 aliphatic carbocycles. The van der Waals surface area contributed by atoms with Crippen LogP contribution in [0.15, 0.2) is 10.4 Å². The summed E-state index contributed by atoms with van der Waals surface area (Å²) in [6, 6.07) is -0.145. The van der Waals surface area contributed by atoms with Crippen LogP contribution in [0, 0.1) is 6.92 Å². The number of aromatic nitrogens is 4. The molecule has 2 heterocycles. The van der Waals surface area contributed by atoms with Gasteiger partial charge < -0.3 is 4.74 Å². The minimum atomic E-state index is -3.63. The van der Waals surface area contributed by atoms with Crippen LogP contribution in [0.1, 0.15) is 37.6 Å². The standard InChI is InChI=1S/C12H19N5O3S2/c1-5-17-11(14-15-12(17)20-6-2)8(3)16-22(18,19)10-7-13-9(4)21-10/h7-8,16H,5-6H2,1-4H3/t8-/m1/s1. The lowest BCUT2D eigenvalue weighted by atomic mass is 10.3.